The van der Waals surface area contributed by atoms with Crippen LogP contribution < -0.4 is 9.80 Å². The molecular formula is C22H32N2+2. The lowest BCUT2D eigenvalue weighted by molar-refractivity contribution is -0.963. The molecular weight excluding hydrogens is 292 g/mol. The number of hydrogen-bond acceptors (Lipinski definition) is 0. The van der Waals surface area contributed by atoms with Gasteiger partial charge in [-0.05, 0) is 36.5 Å². The van der Waals surface area contributed by atoms with Crippen LogP contribution in [0.3, 0.4) is 0 Å². The molecule has 0 atom stereocenters. The standard InChI is InChI=1S/C22H30N2/c1-2-6-15-24(14-5-1)21-12-16-23(17-13-21)18-20-10-7-9-19-8-3-4-11-22(19)20/h3-4,7-11,21H,1-2,5-6,12-18H2/p+2. The van der Waals surface area contributed by atoms with Crippen molar-refractivity contribution in [3.63, 3.8) is 0 Å². The van der Waals surface area contributed by atoms with Crippen LogP contribution in [-0.4, -0.2) is 32.2 Å². The molecule has 2 aliphatic heterocycles. The molecule has 2 aromatic rings. The fourth-order valence-corrected chi connectivity index (χ4v) is 4.92. The number of hydrogen-bond donors (Lipinski definition) is 2. The van der Waals surface area contributed by atoms with Gasteiger partial charge in [-0.15, -0.1) is 0 Å². The van der Waals surface area contributed by atoms with Crippen molar-refractivity contribution in [2.45, 2.75) is 51.1 Å². The Morgan fingerprint density at radius 3 is 2.25 bits per heavy atom. The van der Waals surface area contributed by atoms with E-state index in [0.29, 0.717) is 0 Å². The van der Waals surface area contributed by atoms with Crippen LogP contribution in [0.2, 0.25) is 0 Å². The summed E-state index contributed by atoms with van der Waals surface area (Å²) in [4.78, 5) is 3.72. The molecule has 2 heteroatoms. The molecule has 0 radical (unpaired) electrons. The summed E-state index contributed by atoms with van der Waals surface area (Å²) in [6.07, 6.45) is 8.70. The predicted octanol–water partition coefficient (Wildman–Crippen LogP) is 1.85. The summed E-state index contributed by atoms with van der Waals surface area (Å²) >= 11 is 0. The van der Waals surface area contributed by atoms with E-state index in [2.05, 4.69) is 42.5 Å². The molecule has 0 aromatic heterocycles. The van der Waals surface area contributed by atoms with Crippen molar-refractivity contribution >= 4 is 10.8 Å². The van der Waals surface area contributed by atoms with E-state index in [0.717, 1.165) is 6.04 Å². The Balaban J connectivity index is 1.37. The Morgan fingerprint density at radius 1 is 0.750 bits per heavy atom. The lowest BCUT2D eigenvalue weighted by atomic mass is 10.00. The van der Waals surface area contributed by atoms with Crippen LogP contribution in [0.5, 0.6) is 0 Å². The van der Waals surface area contributed by atoms with Gasteiger partial charge < -0.3 is 9.80 Å². The van der Waals surface area contributed by atoms with E-state index in [1.54, 1.807) is 4.90 Å². The van der Waals surface area contributed by atoms with Crippen LogP contribution in [0.25, 0.3) is 10.8 Å². The molecule has 0 amide bonds. The summed E-state index contributed by atoms with van der Waals surface area (Å²) in [5.41, 5.74) is 1.53. The molecule has 2 fully saturated rings. The van der Waals surface area contributed by atoms with Gasteiger partial charge in [-0.25, -0.2) is 0 Å². The van der Waals surface area contributed by atoms with E-state index in [-0.39, 0.29) is 0 Å². The van der Waals surface area contributed by atoms with Gasteiger partial charge >= 0.3 is 0 Å². The van der Waals surface area contributed by atoms with E-state index in [4.69, 9.17) is 0 Å². The molecule has 2 aliphatic rings. The second-order valence-electron chi connectivity index (χ2n) is 7.91. The molecule has 2 heterocycles. The maximum absolute atomic E-state index is 2.33. The Labute approximate surface area is 146 Å². The van der Waals surface area contributed by atoms with Gasteiger partial charge in [0.25, 0.3) is 0 Å². The Kier molecular flexibility index (Phi) is 5.15. The van der Waals surface area contributed by atoms with Crippen molar-refractivity contribution in [2.75, 3.05) is 26.2 Å². The SMILES string of the molecule is c1ccc2c(C[NH+]3CCC([NH+]4CCCCCC4)CC3)cccc2c1. The van der Waals surface area contributed by atoms with Crippen LogP contribution in [0.1, 0.15) is 44.1 Å². The summed E-state index contributed by atoms with van der Waals surface area (Å²) in [7, 11) is 0. The molecule has 0 bridgehead atoms. The number of piperidine rings is 1. The number of likely N-dealkylation sites (tertiary alicyclic amines) is 2. The molecule has 2 nitrogen and oxygen atoms in total. The van der Waals surface area contributed by atoms with Crippen LogP contribution in [0.15, 0.2) is 42.5 Å². The van der Waals surface area contributed by atoms with Crippen molar-refractivity contribution < 1.29 is 9.80 Å². The molecule has 0 saturated carbocycles. The number of benzene rings is 2. The molecule has 4 rings (SSSR count). The van der Waals surface area contributed by atoms with E-state index >= 15 is 0 Å². The minimum Gasteiger partial charge on any atom is -0.332 e. The van der Waals surface area contributed by atoms with Crippen molar-refractivity contribution in [3.05, 3.63) is 48.0 Å². The number of nitrogens with one attached hydrogen (secondary N) is 2. The first kappa shape index (κ1) is 16.1. The first-order valence-corrected chi connectivity index (χ1v) is 10.0. The van der Waals surface area contributed by atoms with E-state index in [1.165, 1.54) is 87.6 Å². The number of fused-ring (bicyclic) bond motifs is 1. The van der Waals surface area contributed by atoms with Crippen LogP contribution in [0, 0.1) is 0 Å². The molecule has 2 N–H and O–H groups in total. The third kappa shape index (κ3) is 3.65. The summed E-state index contributed by atoms with van der Waals surface area (Å²) in [6.45, 7) is 6.78. The maximum atomic E-state index is 2.33. The Morgan fingerprint density at radius 2 is 1.46 bits per heavy atom. The number of rotatable bonds is 3. The lowest BCUT2D eigenvalue weighted by Crippen LogP contribution is -3.20. The second kappa shape index (κ2) is 7.67. The summed E-state index contributed by atoms with van der Waals surface area (Å²) < 4.78 is 0. The summed E-state index contributed by atoms with van der Waals surface area (Å²) in [5.74, 6) is 0. The highest BCUT2D eigenvalue weighted by Crippen LogP contribution is 2.17. The molecule has 2 saturated heterocycles. The summed E-state index contributed by atoms with van der Waals surface area (Å²) in [6, 6.07) is 16.6. The average Bonchev–Trinajstić information content (AvgIpc) is 2.92. The fourth-order valence-electron chi connectivity index (χ4n) is 4.92. The van der Waals surface area contributed by atoms with Crippen molar-refractivity contribution in [1.82, 2.24) is 0 Å². The van der Waals surface area contributed by atoms with E-state index < -0.39 is 0 Å². The molecule has 0 spiro atoms. The second-order valence-corrected chi connectivity index (χ2v) is 7.91. The number of quaternary nitrogens is 2. The highest BCUT2D eigenvalue weighted by molar-refractivity contribution is 5.85. The van der Waals surface area contributed by atoms with Crippen LogP contribution in [0.4, 0.5) is 0 Å². The van der Waals surface area contributed by atoms with Crippen molar-refractivity contribution in [2.24, 2.45) is 0 Å². The Bertz CT molecular complexity index is 645. The quantitative estimate of drug-likeness (QED) is 0.853. The van der Waals surface area contributed by atoms with Gasteiger partial charge in [0.15, 0.2) is 0 Å². The molecule has 0 unspecified atom stereocenters. The topological polar surface area (TPSA) is 8.88 Å². The predicted molar refractivity (Wildman–Crippen MR) is 101 cm³/mol. The van der Waals surface area contributed by atoms with Gasteiger partial charge in [-0.1, -0.05) is 42.5 Å². The lowest BCUT2D eigenvalue weighted by Gasteiger charge is -2.34. The molecule has 24 heavy (non-hydrogen) atoms. The van der Waals surface area contributed by atoms with Gasteiger partial charge in [-0.3, -0.25) is 0 Å². The smallest absolute Gasteiger partial charge is 0.103 e. The van der Waals surface area contributed by atoms with Gasteiger partial charge in [-0.2, -0.15) is 0 Å². The van der Waals surface area contributed by atoms with E-state index in [9.17, 15) is 0 Å². The largest absolute Gasteiger partial charge is 0.332 e. The van der Waals surface area contributed by atoms with Crippen molar-refractivity contribution in [3.8, 4) is 0 Å². The molecule has 0 aliphatic carbocycles. The van der Waals surface area contributed by atoms with Gasteiger partial charge in [0.2, 0.25) is 0 Å². The third-order valence-corrected chi connectivity index (χ3v) is 6.34. The highest BCUT2D eigenvalue weighted by Gasteiger charge is 2.30. The maximum Gasteiger partial charge on any atom is 0.103 e. The first-order chi connectivity index (χ1) is 11.9. The molecule has 128 valence electrons. The zero-order valence-corrected chi connectivity index (χ0v) is 14.9. The minimum absolute atomic E-state index is 0.944. The minimum atomic E-state index is 0.944. The van der Waals surface area contributed by atoms with Crippen LogP contribution >= 0.6 is 0 Å². The fraction of sp³-hybridized carbons (Fsp3) is 0.545. The van der Waals surface area contributed by atoms with Gasteiger partial charge in [0.1, 0.15) is 6.54 Å². The van der Waals surface area contributed by atoms with Gasteiger partial charge in [0.05, 0.1) is 32.2 Å². The monoisotopic (exact) mass is 324 g/mol. The highest BCUT2D eigenvalue weighted by atomic mass is 15.2. The van der Waals surface area contributed by atoms with E-state index in [1.807, 2.05) is 4.90 Å². The summed E-state index contributed by atoms with van der Waals surface area (Å²) in [5, 5.41) is 2.84. The van der Waals surface area contributed by atoms with Gasteiger partial charge in [0, 0.05) is 18.4 Å². The normalized spacial score (nSPS) is 26.3. The zero-order valence-electron chi connectivity index (χ0n) is 14.9. The van der Waals surface area contributed by atoms with Crippen LogP contribution in [-0.2, 0) is 6.54 Å². The third-order valence-electron chi connectivity index (χ3n) is 6.34. The Hall–Kier alpha value is -1.38. The zero-order chi connectivity index (χ0) is 16.2. The first-order valence-electron chi connectivity index (χ1n) is 10.0. The molecule has 2 aromatic carbocycles. The van der Waals surface area contributed by atoms with Crippen molar-refractivity contribution in [1.29, 1.82) is 0 Å². The average molecular weight is 325 g/mol.